The molecule has 0 saturated heterocycles. The molecule has 0 N–H and O–H groups in total. The normalized spacial score (nSPS) is 11.0. The van der Waals surface area contributed by atoms with E-state index >= 15 is 0 Å². The van der Waals surface area contributed by atoms with Crippen LogP contribution in [0, 0.1) is 41.5 Å². The first-order chi connectivity index (χ1) is 12.7. The summed E-state index contributed by atoms with van der Waals surface area (Å²) in [6.07, 6.45) is 0. The fourth-order valence-corrected chi connectivity index (χ4v) is 3.03. The lowest BCUT2D eigenvalue weighted by atomic mass is 9.93. The van der Waals surface area contributed by atoms with E-state index in [0.717, 1.165) is 33.6 Å². The predicted molar refractivity (Wildman–Crippen MR) is 100 cm³/mol. The summed E-state index contributed by atoms with van der Waals surface area (Å²) in [5.74, 6) is -0.784. The highest BCUT2D eigenvalue weighted by atomic mass is 16.5. The van der Waals surface area contributed by atoms with E-state index in [1.807, 2.05) is 53.7 Å². The van der Waals surface area contributed by atoms with Crippen molar-refractivity contribution in [3.8, 4) is 0 Å². The quantitative estimate of drug-likeness (QED) is 0.521. The van der Waals surface area contributed by atoms with Crippen LogP contribution in [-0.2, 0) is 4.74 Å². The number of rotatable bonds is 4. The van der Waals surface area contributed by atoms with Crippen molar-refractivity contribution in [3.63, 3.8) is 0 Å². The Morgan fingerprint density at radius 3 is 2.37 bits per heavy atom. The van der Waals surface area contributed by atoms with Gasteiger partial charge in [-0.25, -0.2) is 14.3 Å². The van der Waals surface area contributed by atoms with Crippen LogP contribution >= 0.6 is 0 Å². The third-order valence-corrected chi connectivity index (χ3v) is 4.92. The van der Waals surface area contributed by atoms with Crippen LogP contribution in [0.15, 0.2) is 12.1 Å². The Balaban J connectivity index is 1.78. The first-order valence-corrected chi connectivity index (χ1v) is 8.67. The smallest absolute Gasteiger partial charge is 0.378 e. The molecule has 0 radical (unpaired) electrons. The Bertz CT molecular complexity index is 1080. The number of ether oxygens (including phenoxy) is 1. The minimum Gasteiger partial charge on any atom is -0.451 e. The first kappa shape index (κ1) is 18.7. The molecule has 0 amide bonds. The Kier molecular flexibility index (Phi) is 4.78. The second-order valence-corrected chi connectivity index (χ2v) is 6.80. The molecule has 0 atom stereocenters. The van der Waals surface area contributed by atoms with Crippen molar-refractivity contribution in [2.24, 2.45) is 0 Å². The molecule has 27 heavy (non-hydrogen) atoms. The molecule has 0 saturated carbocycles. The highest BCUT2D eigenvalue weighted by Crippen LogP contribution is 2.21. The van der Waals surface area contributed by atoms with Crippen LogP contribution in [0.5, 0.6) is 0 Å². The molecule has 7 heteroatoms. The summed E-state index contributed by atoms with van der Waals surface area (Å²) in [5, 5.41) is 4.12. The molecule has 2 aromatic heterocycles. The molecule has 7 nitrogen and oxygen atoms in total. The number of fused-ring (bicyclic) bond motifs is 1. The Morgan fingerprint density at radius 2 is 1.67 bits per heavy atom. The van der Waals surface area contributed by atoms with E-state index in [1.54, 1.807) is 0 Å². The maximum absolute atomic E-state index is 12.6. The zero-order valence-electron chi connectivity index (χ0n) is 16.4. The predicted octanol–water partition coefficient (Wildman–Crippen LogP) is 3.01. The van der Waals surface area contributed by atoms with Crippen molar-refractivity contribution in [1.29, 1.82) is 0 Å². The van der Waals surface area contributed by atoms with E-state index in [2.05, 4.69) is 15.1 Å². The van der Waals surface area contributed by atoms with Crippen molar-refractivity contribution >= 4 is 17.5 Å². The summed E-state index contributed by atoms with van der Waals surface area (Å²) in [6, 6.07) is 3.68. The number of hydrogen-bond acceptors (Lipinski definition) is 6. The van der Waals surface area contributed by atoms with E-state index < -0.39 is 5.97 Å². The lowest BCUT2D eigenvalue weighted by Gasteiger charge is -2.13. The molecular formula is C20H22N4O3. The minimum atomic E-state index is -0.746. The lowest BCUT2D eigenvalue weighted by Crippen LogP contribution is -2.17. The van der Waals surface area contributed by atoms with Crippen LogP contribution in [0.1, 0.15) is 54.6 Å². The van der Waals surface area contributed by atoms with Gasteiger partial charge in [0.15, 0.2) is 6.61 Å². The molecule has 0 fully saturated rings. The molecule has 2 heterocycles. The largest absolute Gasteiger partial charge is 0.451 e. The number of carbonyl (C=O) groups excluding carboxylic acids is 2. The average Bonchev–Trinajstić information content (AvgIpc) is 3.05. The molecule has 3 rings (SSSR count). The fourth-order valence-electron chi connectivity index (χ4n) is 3.03. The molecule has 3 aromatic rings. The number of hydrogen-bond donors (Lipinski definition) is 0. The van der Waals surface area contributed by atoms with Gasteiger partial charge < -0.3 is 4.74 Å². The second kappa shape index (κ2) is 6.90. The maximum atomic E-state index is 12.6. The van der Waals surface area contributed by atoms with Crippen LogP contribution in [0.25, 0.3) is 5.78 Å². The van der Waals surface area contributed by atoms with E-state index in [0.29, 0.717) is 11.3 Å². The van der Waals surface area contributed by atoms with Gasteiger partial charge in [0, 0.05) is 17.0 Å². The van der Waals surface area contributed by atoms with Gasteiger partial charge in [0.1, 0.15) is 0 Å². The third kappa shape index (κ3) is 3.45. The molecule has 0 unspecified atom stereocenters. The minimum absolute atomic E-state index is 0.114. The summed E-state index contributed by atoms with van der Waals surface area (Å²) in [5.41, 5.74) is 6.33. The van der Waals surface area contributed by atoms with Crippen molar-refractivity contribution in [2.75, 3.05) is 6.61 Å². The number of esters is 1. The SMILES string of the molecule is Cc1cc(C)n2nc(C(=O)OCC(=O)c3cc(C)c(C)c(C)c3C)nc2n1. The highest BCUT2D eigenvalue weighted by molar-refractivity contribution is 6.00. The summed E-state index contributed by atoms with van der Waals surface area (Å²) in [7, 11) is 0. The first-order valence-electron chi connectivity index (χ1n) is 8.67. The Labute approximate surface area is 157 Å². The van der Waals surface area contributed by atoms with Crippen molar-refractivity contribution < 1.29 is 14.3 Å². The number of Topliss-reactive ketones (excluding diaryl/α,β-unsaturated/α-hetero) is 1. The molecular weight excluding hydrogens is 344 g/mol. The number of benzene rings is 1. The van der Waals surface area contributed by atoms with Crippen LogP contribution in [0.2, 0.25) is 0 Å². The topological polar surface area (TPSA) is 86.5 Å². The van der Waals surface area contributed by atoms with Crippen LogP contribution < -0.4 is 0 Å². The molecule has 140 valence electrons. The van der Waals surface area contributed by atoms with Crippen LogP contribution in [0.3, 0.4) is 0 Å². The zero-order valence-corrected chi connectivity index (χ0v) is 16.4. The molecule has 0 aliphatic carbocycles. The second-order valence-electron chi connectivity index (χ2n) is 6.80. The number of nitrogens with zero attached hydrogens (tertiary/aromatic N) is 4. The summed E-state index contributed by atoms with van der Waals surface area (Å²) in [4.78, 5) is 33.2. The molecule has 0 bridgehead atoms. The third-order valence-electron chi connectivity index (χ3n) is 4.92. The number of ketones is 1. The van der Waals surface area contributed by atoms with E-state index in [1.165, 1.54) is 4.52 Å². The lowest BCUT2D eigenvalue weighted by molar-refractivity contribution is 0.0462. The Hall–Kier alpha value is -3.09. The van der Waals surface area contributed by atoms with Gasteiger partial charge in [-0.3, -0.25) is 4.79 Å². The van der Waals surface area contributed by atoms with Crippen molar-refractivity contribution in [2.45, 2.75) is 41.5 Å². The van der Waals surface area contributed by atoms with Crippen LogP contribution in [-0.4, -0.2) is 37.9 Å². The molecule has 1 aromatic carbocycles. The van der Waals surface area contributed by atoms with E-state index in [-0.39, 0.29) is 18.2 Å². The maximum Gasteiger partial charge on any atom is 0.378 e. The highest BCUT2D eigenvalue weighted by Gasteiger charge is 2.20. The van der Waals surface area contributed by atoms with Crippen LogP contribution in [0.4, 0.5) is 0 Å². The Morgan fingerprint density at radius 1 is 0.963 bits per heavy atom. The van der Waals surface area contributed by atoms with Crippen molar-refractivity contribution in [3.05, 3.63) is 57.2 Å². The van der Waals surface area contributed by atoms with E-state index in [4.69, 9.17) is 4.74 Å². The van der Waals surface area contributed by atoms with Gasteiger partial charge in [-0.05, 0) is 75.9 Å². The van der Waals surface area contributed by atoms with Gasteiger partial charge in [0.05, 0.1) is 0 Å². The van der Waals surface area contributed by atoms with Gasteiger partial charge in [-0.1, -0.05) is 0 Å². The standard InChI is InChI=1S/C20H22N4O3/c1-10-7-16(15(6)14(5)13(10)4)17(25)9-27-19(26)18-22-20-21-11(2)8-12(3)24(20)23-18/h7-8H,9H2,1-6H3. The van der Waals surface area contributed by atoms with Gasteiger partial charge in [0.2, 0.25) is 5.78 Å². The fraction of sp³-hybridized carbons (Fsp3) is 0.350. The van der Waals surface area contributed by atoms with Gasteiger partial charge in [0.25, 0.3) is 11.6 Å². The number of carbonyl (C=O) groups is 2. The van der Waals surface area contributed by atoms with Gasteiger partial charge in [-0.15, -0.1) is 5.10 Å². The monoisotopic (exact) mass is 366 g/mol. The zero-order chi connectivity index (χ0) is 19.9. The molecule has 0 aliphatic heterocycles. The average molecular weight is 366 g/mol. The molecule has 0 spiro atoms. The number of aryl methyl sites for hydroxylation is 3. The van der Waals surface area contributed by atoms with Gasteiger partial charge in [-0.2, -0.15) is 4.98 Å². The van der Waals surface area contributed by atoms with Gasteiger partial charge >= 0.3 is 5.97 Å². The van der Waals surface area contributed by atoms with E-state index in [9.17, 15) is 9.59 Å². The number of aromatic nitrogens is 4. The van der Waals surface area contributed by atoms with Crippen molar-refractivity contribution in [1.82, 2.24) is 19.6 Å². The summed E-state index contributed by atoms with van der Waals surface area (Å²) < 4.78 is 6.63. The summed E-state index contributed by atoms with van der Waals surface area (Å²) in [6.45, 7) is 11.2. The molecule has 0 aliphatic rings. The summed E-state index contributed by atoms with van der Waals surface area (Å²) >= 11 is 0.